The van der Waals surface area contributed by atoms with Crippen LogP contribution in [-0.2, 0) is 36.0 Å². The van der Waals surface area contributed by atoms with Crippen LogP contribution in [0.1, 0.15) is 57.3 Å². The maximum absolute atomic E-state index is 13.3. The molecule has 2 heterocycles. The molecule has 3 atom stereocenters. The summed E-state index contributed by atoms with van der Waals surface area (Å²) in [5.74, 6) is 0.675. The number of hydrogen-bond donors (Lipinski definition) is 2. The van der Waals surface area contributed by atoms with Gasteiger partial charge in [-0.15, -0.1) is 0 Å². The zero-order valence-electron chi connectivity index (χ0n) is 21.6. The van der Waals surface area contributed by atoms with E-state index in [4.69, 9.17) is 13.9 Å². The molecule has 1 saturated heterocycles. The summed E-state index contributed by atoms with van der Waals surface area (Å²) in [6.07, 6.45) is 5.10. The minimum Gasteiger partial charge on any atom is -0.468 e. The van der Waals surface area contributed by atoms with Gasteiger partial charge in [0.2, 0.25) is 11.8 Å². The van der Waals surface area contributed by atoms with Crippen LogP contribution in [0.15, 0.2) is 53.1 Å². The predicted molar refractivity (Wildman–Crippen MR) is 143 cm³/mol. The summed E-state index contributed by atoms with van der Waals surface area (Å²) in [6.45, 7) is 4.46. The van der Waals surface area contributed by atoms with Crippen molar-refractivity contribution in [3.05, 3.63) is 60.1 Å². The lowest BCUT2D eigenvalue weighted by atomic mass is 10.0. The Hall–Kier alpha value is -2.62. The second-order valence-corrected chi connectivity index (χ2v) is 10.7. The van der Waals surface area contributed by atoms with Crippen molar-refractivity contribution < 1.29 is 28.3 Å². The van der Waals surface area contributed by atoms with Crippen LogP contribution in [0.2, 0.25) is 0 Å². The lowest BCUT2D eigenvalue weighted by molar-refractivity contribution is -0.170. The maximum Gasteiger partial charge on any atom is 0.246 e. The Kier molecular flexibility index (Phi) is 12.2. The first kappa shape index (κ1) is 28.9. The Labute approximate surface area is 223 Å². The average molecular weight is 531 g/mol. The molecule has 1 aromatic heterocycles. The van der Waals surface area contributed by atoms with Crippen molar-refractivity contribution in [2.75, 3.05) is 13.2 Å². The van der Waals surface area contributed by atoms with Crippen molar-refractivity contribution in [2.24, 2.45) is 5.92 Å². The molecule has 0 saturated carbocycles. The van der Waals surface area contributed by atoms with Crippen LogP contribution in [0.5, 0.6) is 0 Å². The summed E-state index contributed by atoms with van der Waals surface area (Å²) < 4.78 is 16.4. The number of benzene rings is 1. The van der Waals surface area contributed by atoms with Gasteiger partial charge in [-0.3, -0.25) is 14.4 Å². The van der Waals surface area contributed by atoms with Gasteiger partial charge in [-0.25, -0.2) is 0 Å². The highest BCUT2D eigenvalue weighted by Gasteiger charge is 2.26. The molecule has 1 aliphatic heterocycles. The third-order valence-corrected chi connectivity index (χ3v) is 6.85. The number of nitrogens with one attached hydrogen (secondary N) is 2. The standard InChI is InChI=1S/C28H38N2O6S/c1-20(2)15-24(30-25(31)18-36-27-12-6-7-13-35-27)28(33)29-22(16-21-9-4-3-5-10-21)17-26(32)37-19-23-11-8-14-34-23/h3-5,8-11,14,20,22,24,27H,6-7,12-13,15-19H2,1-2H3,(H,29,33)(H,30,31). The molecule has 3 rings (SSSR count). The van der Waals surface area contributed by atoms with Crippen LogP contribution in [0.4, 0.5) is 0 Å². The van der Waals surface area contributed by atoms with Crippen molar-refractivity contribution in [3.63, 3.8) is 0 Å². The van der Waals surface area contributed by atoms with E-state index in [1.165, 1.54) is 11.8 Å². The molecule has 37 heavy (non-hydrogen) atoms. The number of amides is 2. The summed E-state index contributed by atoms with van der Waals surface area (Å²) in [4.78, 5) is 38.7. The molecule has 1 aromatic carbocycles. The van der Waals surface area contributed by atoms with E-state index in [0.717, 1.165) is 30.6 Å². The van der Waals surface area contributed by atoms with Gasteiger partial charge in [0.05, 0.1) is 12.0 Å². The van der Waals surface area contributed by atoms with Gasteiger partial charge in [0.15, 0.2) is 11.4 Å². The van der Waals surface area contributed by atoms with Crippen molar-refractivity contribution in [3.8, 4) is 0 Å². The fourth-order valence-corrected chi connectivity index (χ4v) is 4.92. The van der Waals surface area contributed by atoms with Gasteiger partial charge >= 0.3 is 0 Å². The van der Waals surface area contributed by atoms with Crippen LogP contribution in [0.3, 0.4) is 0 Å². The third-order valence-electron chi connectivity index (χ3n) is 5.94. The molecule has 2 aromatic rings. The Morgan fingerprint density at radius 2 is 1.89 bits per heavy atom. The molecule has 2 N–H and O–H groups in total. The van der Waals surface area contributed by atoms with Crippen molar-refractivity contribution in [1.82, 2.24) is 10.6 Å². The summed E-state index contributed by atoms with van der Waals surface area (Å²) in [5, 5.41) is 5.81. The summed E-state index contributed by atoms with van der Waals surface area (Å²) in [6, 6.07) is 12.2. The van der Waals surface area contributed by atoms with Gasteiger partial charge in [0.25, 0.3) is 0 Å². The van der Waals surface area contributed by atoms with E-state index >= 15 is 0 Å². The average Bonchev–Trinajstić information content (AvgIpc) is 3.41. The Morgan fingerprint density at radius 3 is 2.57 bits per heavy atom. The summed E-state index contributed by atoms with van der Waals surface area (Å²) >= 11 is 1.17. The molecule has 2 amide bonds. The van der Waals surface area contributed by atoms with Crippen LogP contribution in [0.25, 0.3) is 0 Å². The fraction of sp³-hybridized carbons (Fsp3) is 0.536. The fourth-order valence-electron chi connectivity index (χ4n) is 4.13. The molecule has 9 heteroatoms. The lowest BCUT2D eigenvalue weighted by Crippen LogP contribution is -2.51. The molecule has 0 aliphatic carbocycles. The first-order chi connectivity index (χ1) is 17.9. The van der Waals surface area contributed by atoms with Crippen molar-refractivity contribution >= 4 is 28.7 Å². The molecule has 1 aliphatic rings. The van der Waals surface area contributed by atoms with E-state index < -0.39 is 12.1 Å². The molecule has 0 radical (unpaired) electrons. The number of rotatable bonds is 14. The molecule has 8 nitrogen and oxygen atoms in total. The summed E-state index contributed by atoms with van der Waals surface area (Å²) in [7, 11) is 0. The minimum atomic E-state index is -0.729. The van der Waals surface area contributed by atoms with Gasteiger partial charge < -0.3 is 24.5 Å². The molecule has 0 bridgehead atoms. The molecule has 0 spiro atoms. The molecular formula is C28H38N2O6S. The van der Waals surface area contributed by atoms with Gasteiger partial charge in [-0.2, -0.15) is 0 Å². The second kappa shape index (κ2) is 15.6. The van der Waals surface area contributed by atoms with E-state index in [1.807, 2.05) is 50.2 Å². The van der Waals surface area contributed by atoms with Gasteiger partial charge in [-0.05, 0) is 55.7 Å². The number of furan rings is 1. The van der Waals surface area contributed by atoms with Crippen LogP contribution in [0, 0.1) is 5.92 Å². The summed E-state index contributed by atoms with van der Waals surface area (Å²) in [5.41, 5.74) is 1.02. The number of hydrogen-bond acceptors (Lipinski definition) is 7. The van der Waals surface area contributed by atoms with Crippen LogP contribution >= 0.6 is 11.8 Å². The molecular weight excluding hydrogens is 492 g/mol. The Balaban J connectivity index is 1.59. The van der Waals surface area contributed by atoms with E-state index in [-0.39, 0.29) is 42.2 Å². The van der Waals surface area contributed by atoms with Crippen molar-refractivity contribution in [2.45, 2.75) is 76.5 Å². The smallest absolute Gasteiger partial charge is 0.246 e. The first-order valence-electron chi connectivity index (χ1n) is 12.9. The first-order valence-corrected chi connectivity index (χ1v) is 13.9. The van der Waals surface area contributed by atoms with Crippen LogP contribution in [-0.4, -0.2) is 48.5 Å². The highest BCUT2D eigenvalue weighted by atomic mass is 32.2. The van der Waals surface area contributed by atoms with Gasteiger partial charge in [-0.1, -0.05) is 55.9 Å². The molecule has 1 fully saturated rings. The highest BCUT2D eigenvalue weighted by molar-refractivity contribution is 8.12. The monoisotopic (exact) mass is 530 g/mol. The lowest BCUT2D eigenvalue weighted by Gasteiger charge is -2.25. The second-order valence-electron chi connectivity index (χ2n) is 9.70. The third kappa shape index (κ3) is 11.1. The predicted octanol–water partition coefficient (Wildman–Crippen LogP) is 4.23. The van der Waals surface area contributed by atoms with Gasteiger partial charge in [0, 0.05) is 19.1 Å². The minimum absolute atomic E-state index is 0.0389. The number of ether oxygens (including phenoxy) is 2. The van der Waals surface area contributed by atoms with E-state index in [9.17, 15) is 14.4 Å². The Morgan fingerprint density at radius 1 is 1.08 bits per heavy atom. The Bertz CT molecular complexity index is 960. The number of carbonyl (C=O) groups excluding carboxylic acids is 3. The quantitative estimate of drug-likeness (QED) is 0.376. The number of carbonyl (C=O) groups is 3. The van der Waals surface area contributed by atoms with Gasteiger partial charge in [0.1, 0.15) is 18.4 Å². The van der Waals surface area contributed by atoms with E-state index in [1.54, 1.807) is 12.3 Å². The van der Waals surface area contributed by atoms with Crippen LogP contribution < -0.4 is 10.6 Å². The SMILES string of the molecule is CC(C)CC(NC(=O)COC1CCCCO1)C(=O)NC(CC(=O)SCc1ccco1)Cc1ccccc1. The zero-order chi connectivity index (χ0) is 26.5. The molecule has 3 unspecified atom stereocenters. The van der Waals surface area contributed by atoms with E-state index in [2.05, 4.69) is 10.6 Å². The normalized spacial score (nSPS) is 17.2. The number of thioether (sulfide) groups is 1. The molecule has 202 valence electrons. The van der Waals surface area contributed by atoms with E-state index in [0.29, 0.717) is 25.2 Å². The highest BCUT2D eigenvalue weighted by Crippen LogP contribution is 2.18. The largest absolute Gasteiger partial charge is 0.468 e. The zero-order valence-corrected chi connectivity index (χ0v) is 22.5. The topological polar surface area (TPSA) is 107 Å². The maximum atomic E-state index is 13.3. The van der Waals surface area contributed by atoms with Crippen molar-refractivity contribution in [1.29, 1.82) is 0 Å².